The van der Waals surface area contributed by atoms with Gasteiger partial charge >= 0.3 is 0 Å². The van der Waals surface area contributed by atoms with Crippen LogP contribution in [0.1, 0.15) is 39.2 Å². The number of hydrogen-bond acceptors (Lipinski definition) is 6. The van der Waals surface area contributed by atoms with Crippen LogP contribution in [-0.4, -0.2) is 48.7 Å². The molecule has 0 aromatic heterocycles. The number of non-ortho nitro benzene ring substituents is 1. The number of nitro groups is 1. The number of sulfonamides is 1. The van der Waals surface area contributed by atoms with Crippen molar-refractivity contribution in [3.63, 3.8) is 0 Å². The molecule has 0 radical (unpaired) electrons. The van der Waals surface area contributed by atoms with E-state index in [1.807, 2.05) is 13.8 Å². The van der Waals surface area contributed by atoms with Crippen molar-refractivity contribution in [3.05, 3.63) is 98.5 Å². The topological polar surface area (TPSA) is 130 Å². The number of nitrogens with zero attached hydrogens (tertiary/aromatic N) is 3. The molecular weight excluding hydrogens is 603 g/mol. The molecule has 224 valence electrons. The monoisotopic (exact) mass is 634 g/mol. The lowest BCUT2D eigenvalue weighted by atomic mass is 10.1. The number of halogens is 2. The van der Waals surface area contributed by atoms with Crippen LogP contribution in [0.4, 0.5) is 11.4 Å². The number of anilines is 1. The molecule has 13 heteroatoms. The second-order valence-corrected chi connectivity index (χ2v) is 12.3. The van der Waals surface area contributed by atoms with Gasteiger partial charge in [0.05, 0.1) is 25.6 Å². The van der Waals surface area contributed by atoms with Crippen LogP contribution in [0.3, 0.4) is 0 Å². The minimum absolute atomic E-state index is 0.0457. The molecule has 2 amide bonds. The highest BCUT2D eigenvalue weighted by Crippen LogP contribution is 2.28. The normalized spacial score (nSPS) is 12.7. The Hall–Kier alpha value is -3.67. The van der Waals surface area contributed by atoms with Gasteiger partial charge in [-0.1, -0.05) is 61.3 Å². The molecule has 42 heavy (non-hydrogen) atoms. The summed E-state index contributed by atoms with van der Waals surface area (Å²) in [5.74, 6) is -1.04. The van der Waals surface area contributed by atoms with Crippen LogP contribution < -0.4 is 9.62 Å². The van der Waals surface area contributed by atoms with Gasteiger partial charge < -0.3 is 10.2 Å². The first-order chi connectivity index (χ1) is 19.9. The van der Waals surface area contributed by atoms with Crippen molar-refractivity contribution in [1.82, 2.24) is 10.2 Å². The number of carbonyl (C=O) groups excluding carboxylic acids is 2. The first-order valence-electron chi connectivity index (χ1n) is 13.2. The molecule has 2 atom stereocenters. The van der Waals surface area contributed by atoms with E-state index in [1.165, 1.54) is 29.2 Å². The fourth-order valence-electron chi connectivity index (χ4n) is 4.18. The van der Waals surface area contributed by atoms with Crippen LogP contribution in [0.15, 0.2) is 77.7 Å². The van der Waals surface area contributed by atoms with Gasteiger partial charge in [0.2, 0.25) is 11.8 Å². The van der Waals surface area contributed by atoms with E-state index in [0.29, 0.717) is 17.0 Å². The Bertz CT molecular complexity index is 1520. The first-order valence-corrected chi connectivity index (χ1v) is 15.4. The highest BCUT2D eigenvalue weighted by molar-refractivity contribution is 7.92. The lowest BCUT2D eigenvalue weighted by molar-refractivity contribution is -0.384. The van der Waals surface area contributed by atoms with E-state index >= 15 is 0 Å². The third-order valence-corrected chi connectivity index (χ3v) is 9.21. The summed E-state index contributed by atoms with van der Waals surface area (Å²) in [6, 6.07) is 16.1. The van der Waals surface area contributed by atoms with Crippen molar-refractivity contribution in [2.45, 2.75) is 57.1 Å². The smallest absolute Gasteiger partial charge is 0.269 e. The fraction of sp³-hybridized carbons (Fsp3) is 0.310. The Balaban J connectivity index is 2.08. The number of nitro benzene ring substituents is 1. The number of hydrogen-bond donors (Lipinski definition) is 1. The molecule has 0 fully saturated rings. The fourth-order valence-corrected chi connectivity index (χ4v) is 5.94. The second kappa shape index (κ2) is 14.5. The predicted molar refractivity (Wildman–Crippen MR) is 163 cm³/mol. The molecule has 0 spiro atoms. The molecule has 0 unspecified atom stereocenters. The van der Waals surface area contributed by atoms with Gasteiger partial charge in [-0.2, -0.15) is 0 Å². The van der Waals surface area contributed by atoms with Gasteiger partial charge in [-0.25, -0.2) is 8.42 Å². The summed E-state index contributed by atoms with van der Waals surface area (Å²) < 4.78 is 28.5. The summed E-state index contributed by atoms with van der Waals surface area (Å²) in [5, 5.41) is 14.7. The van der Waals surface area contributed by atoms with Crippen molar-refractivity contribution >= 4 is 56.4 Å². The molecule has 0 saturated heterocycles. The van der Waals surface area contributed by atoms with Gasteiger partial charge in [0.1, 0.15) is 12.6 Å². The number of amides is 2. The van der Waals surface area contributed by atoms with Crippen LogP contribution >= 0.6 is 23.2 Å². The van der Waals surface area contributed by atoms with Crippen molar-refractivity contribution in [3.8, 4) is 0 Å². The minimum Gasteiger partial charge on any atom is -0.352 e. The quantitative estimate of drug-likeness (QED) is 0.186. The Morgan fingerprint density at radius 3 is 2.14 bits per heavy atom. The van der Waals surface area contributed by atoms with Gasteiger partial charge in [-0.15, -0.1) is 0 Å². The van der Waals surface area contributed by atoms with Crippen molar-refractivity contribution in [1.29, 1.82) is 0 Å². The predicted octanol–water partition coefficient (Wildman–Crippen LogP) is 5.82. The van der Waals surface area contributed by atoms with E-state index in [9.17, 15) is 28.1 Å². The number of benzene rings is 3. The summed E-state index contributed by atoms with van der Waals surface area (Å²) in [4.78, 5) is 39.2. The highest BCUT2D eigenvalue weighted by Gasteiger charge is 2.34. The third-order valence-electron chi connectivity index (χ3n) is 6.68. The Labute approximate surface area is 255 Å². The van der Waals surface area contributed by atoms with Crippen molar-refractivity contribution < 1.29 is 22.9 Å². The molecule has 0 aliphatic heterocycles. The van der Waals surface area contributed by atoms with Crippen LogP contribution in [0, 0.1) is 10.1 Å². The summed E-state index contributed by atoms with van der Waals surface area (Å²) >= 11 is 12.3. The molecule has 0 aliphatic carbocycles. The first kappa shape index (κ1) is 32.8. The average molecular weight is 636 g/mol. The van der Waals surface area contributed by atoms with E-state index < -0.39 is 33.4 Å². The maximum absolute atomic E-state index is 14.1. The molecule has 3 aromatic carbocycles. The van der Waals surface area contributed by atoms with Crippen molar-refractivity contribution in [2.24, 2.45) is 0 Å². The zero-order valence-electron chi connectivity index (χ0n) is 23.4. The van der Waals surface area contributed by atoms with Gasteiger partial charge in [0.25, 0.3) is 15.7 Å². The minimum atomic E-state index is -4.30. The SMILES string of the molecule is CC[C@@H](C)NC(=O)[C@@H](CC)N(Cc1ccc(Cl)c(Cl)c1)C(=O)CN(c1ccc([N+](=O)[O-])cc1)S(=O)(=O)c1ccccc1. The number of carbonyl (C=O) groups is 2. The zero-order chi connectivity index (χ0) is 31.0. The summed E-state index contributed by atoms with van der Waals surface area (Å²) in [6.45, 7) is 4.79. The maximum atomic E-state index is 14.1. The maximum Gasteiger partial charge on any atom is 0.269 e. The van der Waals surface area contributed by atoms with Gasteiger partial charge in [-0.3, -0.25) is 24.0 Å². The number of nitrogens with one attached hydrogen (secondary N) is 1. The Morgan fingerprint density at radius 2 is 1.60 bits per heavy atom. The molecular formula is C29H32Cl2N4O6S. The Morgan fingerprint density at radius 1 is 0.952 bits per heavy atom. The largest absolute Gasteiger partial charge is 0.352 e. The Kier molecular flexibility index (Phi) is 11.3. The second-order valence-electron chi connectivity index (χ2n) is 9.61. The van der Waals surface area contributed by atoms with Crippen LogP contribution in [0.2, 0.25) is 10.0 Å². The van der Waals surface area contributed by atoms with Crippen LogP contribution in [0.5, 0.6) is 0 Å². The molecule has 1 N–H and O–H groups in total. The van der Waals surface area contributed by atoms with E-state index in [2.05, 4.69) is 5.32 Å². The van der Waals surface area contributed by atoms with E-state index in [0.717, 1.165) is 16.4 Å². The van der Waals surface area contributed by atoms with E-state index in [4.69, 9.17) is 23.2 Å². The third kappa shape index (κ3) is 7.99. The molecule has 0 bridgehead atoms. The summed E-state index contributed by atoms with van der Waals surface area (Å²) in [7, 11) is -4.30. The highest BCUT2D eigenvalue weighted by atomic mass is 35.5. The van der Waals surface area contributed by atoms with Gasteiger partial charge in [0, 0.05) is 24.7 Å². The van der Waals surface area contributed by atoms with E-state index in [1.54, 1.807) is 43.3 Å². The zero-order valence-corrected chi connectivity index (χ0v) is 25.7. The average Bonchev–Trinajstić information content (AvgIpc) is 2.97. The number of rotatable bonds is 13. The van der Waals surface area contributed by atoms with Crippen LogP contribution in [-0.2, 0) is 26.2 Å². The summed E-state index contributed by atoms with van der Waals surface area (Å²) in [5.41, 5.74) is 0.390. The van der Waals surface area contributed by atoms with Crippen molar-refractivity contribution in [2.75, 3.05) is 10.8 Å². The van der Waals surface area contributed by atoms with E-state index in [-0.39, 0.29) is 46.2 Å². The molecule has 0 heterocycles. The molecule has 0 aliphatic rings. The molecule has 10 nitrogen and oxygen atoms in total. The summed E-state index contributed by atoms with van der Waals surface area (Å²) in [6.07, 6.45) is 0.921. The van der Waals surface area contributed by atoms with Gasteiger partial charge in [0.15, 0.2) is 0 Å². The van der Waals surface area contributed by atoms with Gasteiger partial charge in [-0.05, 0) is 61.7 Å². The lowest BCUT2D eigenvalue weighted by Crippen LogP contribution is -2.53. The molecule has 3 rings (SSSR count). The molecule has 0 saturated carbocycles. The lowest BCUT2D eigenvalue weighted by Gasteiger charge is -2.33. The molecule has 3 aromatic rings. The standard InChI is InChI=1S/C29H32Cl2N4O6S/c1-4-20(3)32-29(37)27(5-2)33(18-21-11-16-25(30)26(31)17-21)28(36)19-34(22-12-14-23(15-13-22)35(38)39)42(40,41)24-9-7-6-8-10-24/h6-17,20,27H,4-5,18-19H2,1-3H3,(H,32,37)/t20-,27-/m1/s1. The van der Waals surface area contributed by atoms with Crippen LogP contribution in [0.25, 0.3) is 0 Å².